The van der Waals surface area contributed by atoms with E-state index in [0.717, 1.165) is 22.4 Å². The van der Waals surface area contributed by atoms with Crippen LogP contribution in [0.25, 0.3) is 0 Å². The predicted octanol–water partition coefficient (Wildman–Crippen LogP) is 0.655. The van der Waals surface area contributed by atoms with Crippen molar-refractivity contribution in [3.63, 3.8) is 0 Å². The number of anilines is 1. The molecule has 0 radical (unpaired) electrons. The first kappa shape index (κ1) is 16.5. The van der Waals surface area contributed by atoms with Crippen LogP contribution in [-0.2, 0) is 14.3 Å². The van der Waals surface area contributed by atoms with Crippen molar-refractivity contribution in [1.29, 1.82) is 0 Å². The topological polar surface area (TPSA) is 79.5 Å². The highest BCUT2D eigenvalue weighted by molar-refractivity contribution is 5.96. The molecule has 6 heteroatoms. The highest BCUT2D eigenvalue weighted by Gasteiger charge is 2.21. The molecule has 1 atom stereocenters. The molecular formula is C16H23N3O3. The van der Waals surface area contributed by atoms with Gasteiger partial charge in [0.15, 0.2) is 0 Å². The molecule has 120 valence electrons. The van der Waals surface area contributed by atoms with Crippen molar-refractivity contribution in [3.05, 3.63) is 28.8 Å². The van der Waals surface area contributed by atoms with Crippen LogP contribution in [0.3, 0.4) is 0 Å². The Morgan fingerprint density at radius 1 is 1.27 bits per heavy atom. The molecule has 0 bridgehead atoms. The van der Waals surface area contributed by atoms with Crippen LogP contribution in [0, 0.1) is 20.8 Å². The van der Waals surface area contributed by atoms with Gasteiger partial charge >= 0.3 is 0 Å². The Morgan fingerprint density at radius 3 is 2.55 bits per heavy atom. The zero-order chi connectivity index (χ0) is 16.1. The van der Waals surface area contributed by atoms with E-state index in [4.69, 9.17) is 4.74 Å². The van der Waals surface area contributed by atoms with Gasteiger partial charge in [0.05, 0.1) is 19.8 Å². The van der Waals surface area contributed by atoms with E-state index in [9.17, 15) is 9.59 Å². The summed E-state index contributed by atoms with van der Waals surface area (Å²) in [6, 6.07) is 3.65. The molecular weight excluding hydrogens is 282 g/mol. The highest BCUT2D eigenvalue weighted by atomic mass is 16.5. The van der Waals surface area contributed by atoms with E-state index in [1.165, 1.54) is 0 Å². The monoisotopic (exact) mass is 305 g/mol. The second-order valence-corrected chi connectivity index (χ2v) is 5.62. The van der Waals surface area contributed by atoms with Crippen molar-refractivity contribution in [2.75, 3.05) is 31.6 Å². The Kier molecular flexibility index (Phi) is 5.51. The van der Waals surface area contributed by atoms with Crippen LogP contribution in [0.2, 0.25) is 0 Å². The van der Waals surface area contributed by atoms with E-state index in [2.05, 4.69) is 16.0 Å². The third kappa shape index (κ3) is 4.29. The summed E-state index contributed by atoms with van der Waals surface area (Å²) in [5.41, 5.74) is 3.99. The summed E-state index contributed by atoms with van der Waals surface area (Å²) in [6.45, 7) is 7.47. The van der Waals surface area contributed by atoms with Gasteiger partial charge in [-0.1, -0.05) is 17.7 Å². The SMILES string of the molecule is Cc1cc(C)c(NC(=O)CNC(=O)C2COCCN2)c(C)c1. The van der Waals surface area contributed by atoms with Gasteiger partial charge in [-0.2, -0.15) is 0 Å². The van der Waals surface area contributed by atoms with Gasteiger partial charge in [0.25, 0.3) is 0 Å². The highest BCUT2D eigenvalue weighted by Crippen LogP contribution is 2.21. The Morgan fingerprint density at radius 2 is 1.95 bits per heavy atom. The fraction of sp³-hybridized carbons (Fsp3) is 0.500. The van der Waals surface area contributed by atoms with Crippen LogP contribution in [0.1, 0.15) is 16.7 Å². The third-order valence-corrected chi connectivity index (χ3v) is 3.60. The number of amides is 2. The number of hydrogen-bond donors (Lipinski definition) is 3. The second-order valence-electron chi connectivity index (χ2n) is 5.62. The normalized spacial score (nSPS) is 17.9. The summed E-state index contributed by atoms with van der Waals surface area (Å²) >= 11 is 0. The first-order valence-electron chi connectivity index (χ1n) is 7.44. The number of carbonyl (C=O) groups excluding carboxylic acids is 2. The van der Waals surface area contributed by atoms with Crippen LogP contribution < -0.4 is 16.0 Å². The van der Waals surface area contributed by atoms with Gasteiger partial charge in [0, 0.05) is 12.2 Å². The average molecular weight is 305 g/mol. The van der Waals surface area contributed by atoms with Crippen LogP contribution in [0.15, 0.2) is 12.1 Å². The van der Waals surface area contributed by atoms with Gasteiger partial charge < -0.3 is 20.7 Å². The van der Waals surface area contributed by atoms with Crippen molar-refractivity contribution >= 4 is 17.5 Å². The Labute approximate surface area is 130 Å². The maximum atomic E-state index is 12.0. The molecule has 1 saturated heterocycles. The van der Waals surface area contributed by atoms with Crippen molar-refractivity contribution in [2.24, 2.45) is 0 Å². The first-order valence-corrected chi connectivity index (χ1v) is 7.44. The molecule has 2 amide bonds. The van der Waals surface area contributed by atoms with Crippen LogP contribution in [-0.4, -0.2) is 44.2 Å². The van der Waals surface area contributed by atoms with E-state index >= 15 is 0 Å². The second kappa shape index (κ2) is 7.38. The van der Waals surface area contributed by atoms with Crippen LogP contribution >= 0.6 is 0 Å². The van der Waals surface area contributed by atoms with Gasteiger partial charge in [-0.25, -0.2) is 0 Å². The van der Waals surface area contributed by atoms with Crippen LogP contribution in [0.5, 0.6) is 0 Å². The zero-order valence-electron chi connectivity index (χ0n) is 13.3. The van der Waals surface area contributed by atoms with Gasteiger partial charge in [-0.3, -0.25) is 9.59 Å². The molecule has 3 N–H and O–H groups in total. The van der Waals surface area contributed by atoms with E-state index in [1.807, 2.05) is 32.9 Å². The molecule has 0 aliphatic carbocycles. The van der Waals surface area contributed by atoms with Crippen molar-refractivity contribution in [2.45, 2.75) is 26.8 Å². The molecule has 0 spiro atoms. The zero-order valence-corrected chi connectivity index (χ0v) is 13.3. The van der Waals surface area contributed by atoms with E-state index in [0.29, 0.717) is 19.8 Å². The third-order valence-electron chi connectivity index (χ3n) is 3.60. The molecule has 0 saturated carbocycles. The lowest BCUT2D eigenvalue weighted by molar-refractivity contribution is -0.128. The summed E-state index contributed by atoms with van der Waals surface area (Å²) in [5.74, 6) is -0.452. The molecule has 1 aromatic rings. The molecule has 1 fully saturated rings. The van der Waals surface area contributed by atoms with E-state index < -0.39 is 0 Å². The standard InChI is InChI=1S/C16H23N3O3/c1-10-6-11(2)15(12(3)7-10)19-14(20)8-18-16(21)13-9-22-5-4-17-13/h6-7,13,17H,4-5,8-9H2,1-3H3,(H,18,21)(H,19,20). The number of carbonyl (C=O) groups is 2. The fourth-order valence-electron chi connectivity index (χ4n) is 2.59. The maximum absolute atomic E-state index is 12.0. The van der Waals surface area contributed by atoms with Crippen molar-refractivity contribution < 1.29 is 14.3 Å². The van der Waals surface area contributed by atoms with Gasteiger partial charge in [-0.05, 0) is 31.9 Å². The Hall–Kier alpha value is -1.92. The van der Waals surface area contributed by atoms with Gasteiger partial charge in [-0.15, -0.1) is 0 Å². The molecule has 2 rings (SSSR count). The number of nitrogens with one attached hydrogen (secondary N) is 3. The van der Waals surface area contributed by atoms with Crippen molar-refractivity contribution in [1.82, 2.24) is 10.6 Å². The molecule has 1 aromatic carbocycles. The van der Waals surface area contributed by atoms with Crippen molar-refractivity contribution in [3.8, 4) is 0 Å². The van der Waals surface area contributed by atoms with Gasteiger partial charge in [0.2, 0.25) is 11.8 Å². The first-order chi connectivity index (χ1) is 10.5. The summed E-state index contributed by atoms with van der Waals surface area (Å²) in [7, 11) is 0. The molecule has 0 aromatic heterocycles. The Bertz CT molecular complexity index is 543. The number of benzene rings is 1. The summed E-state index contributed by atoms with van der Waals surface area (Å²) in [6.07, 6.45) is 0. The molecule has 22 heavy (non-hydrogen) atoms. The van der Waals surface area contributed by atoms with Gasteiger partial charge in [0.1, 0.15) is 6.04 Å². The summed E-state index contributed by atoms with van der Waals surface area (Å²) in [5, 5.41) is 8.54. The summed E-state index contributed by atoms with van der Waals surface area (Å²) < 4.78 is 5.22. The molecule has 1 unspecified atom stereocenters. The number of morpholine rings is 1. The smallest absolute Gasteiger partial charge is 0.243 e. The largest absolute Gasteiger partial charge is 0.378 e. The van der Waals surface area contributed by atoms with E-state index in [-0.39, 0.29) is 24.4 Å². The fourth-order valence-corrected chi connectivity index (χ4v) is 2.59. The Balaban J connectivity index is 1.87. The number of hydrogen-bond acceptors (Lipinski definition) is 4. The van der Waals surface area contributed by atoms with Crippen LogP contribution in [0.4, 0.5) is 5.69 Å². The molecule has 1 aliphatic rings. The minimum atomic E-state index is -0.385. The minimum Gasteiger partial charge on any atom is -0.378 e. The lowest BCUT2D eigenvalue weighted by atomic mass is 10.1. The number of ether oxygens (including phenoxy) is 1. The molecule has 6 nitrogen and oxygen atoms in total. The number of aryl methyl sites for hydroxylation is 3. The lowest BCUT2D eigenvalue weighted by Gasteiger charge is -2.22. The molecule has 1 heterocycles. The quantitative estimate of drug-likeness (QED) is 0.763. The molecule has 1 aliphatic heterocycles. The predicted molar refractivity (Wildman–Crippen MR) is 84.9 cm³/mol. The number of rotatable bonds is 4. The summed E-state index contributed by atoms with van der Waals surface area (Å²) in [4.78, 5) is 23.9. The average Bonchev–Trinajstić information content (AvgIpc) is 2.49. The lowest BCUT2D eigenvalue weighted by Crippen LogP contribution is -2.52. The van der Waals surface area contributed by atoms with E-state index in [1.54, 1.807) is 0 Å². The maximum Gasteiger partial charge on any atom is 0.243 e. The minimum absolute atomic E-state index is 0.0518.